The minimum Gasteiger partial charge on any atom is -0.493 e. The molecule has 0 saturated carbocycles. The summed E-state index contributed by atoms with van der Waals surface area (Å²) in [5.41, 5.74) is 7.43. The lowest BCUT2D eigenvalue weighted by molar-refractivity contribution is 0.102. The third-order valence-electron chi connectivity index (χ3n) is 4.13. The van der Waals surface area contributed by atoms with Gasteiger partial charge in [0.1, 0.15) is 0 Å². The van der Waals surface area contributed by atoms with Crippen molar-refractivity contribution < 1.29 is 19.0 Å². The highest BCUT2D eigenvalue weighted by Crippen LogP contribution is 2.38. The summed E-state index contributed by atoms with van der Waals surface area (Å²) < 4.78 is 15.8. The maximum Gasteiger partial charge on any atom is 0.257 e. The summed E-state index contributed by atoms with van der Waals surface area (Å²) >= 11 is 1.48. The first-order chi connectivity index (χ1) is 12.0. The van der Waals surface area contributed by atoms with Gasteiger partial charge in [-0.15, -0.1) is 23.7 Å². The van der Waals surface area contributed by atoms with E-state index in [4.69, 9.17) is 19.9 Å². The minimum absolute atomic E-state index is 0. The zero-order valence-electron chi connectivity index (χ0n) is 14.8. The van der Waals surface area contributed by atoms with Crippen molar-refractivity contribution >= 4 is 34.8 Å². The average molecular weight is 400 g/mol. The van der Waals surface area contributed by atoms with Gasteiger partial charge in [-0.2, -0.15) is 0 Å². The summed E-state index contributed by atoms with van der Waals surface area (Å²) in [5, 5.41) is 3.43. The van der Waals surface area contributed by atoms with Gasteiger partial charge in [-0.3, -0.25) is 10.1 Å². The SMILES string of the molecule is COc1cc(C(=O)Nc2nc3c(s2)C[C@@H](N)CC3)cc(OC)c1OC.Cl. The van der Waals surface area contributed by atoms with Crippen LogP contribution >= 0.6 is 23.7 Å². The molecule has 7 nitrogen and oxygen atoms in total. The molecular weight excluding hydrogens is 378 g/mol. The molecule has 1 aromatic carbocycles. The normalized spacial score (nSPS) is 15.5. The number of carbonyl (C=O) groups excluding carboxylic acids is 1. The number of benzene rings is 1. The second-order valence-electron chi connectivity index (χ2n) is 5.76. The van der Waals surface area contributed by atoms with Crippen molar-refractivity contribution in [2.75, 3.05) is 26.6 Å². The van der Waals surface area contributed by atoms with Crippen LogP contribution in [-0.4, -0.2) is 38.3 Å². The Morgan fingerprint density at radius 3 is 2.46 bits per heavy atom. The van der Waals surface area contributed by atoms with Gasteiger partial charge in [-0.1, -0.05) is 0 Å². The molecule has 0 aliphatic heterocycles. The number of halogens is 1. The van der Waals surface area contributed by atoms with Crippen molar-refractivity contribution in [1.29, 1.82) is 0 Å². The Kier molecular flexibility index (Phi) is 6.69. The van der Waals surface area contributed by atoms with Crippen LogP contribution < -0.4 is 25.3 Å². The van der Waals surface area contributed by atoms with Crippen LogP contribution in [0.25, 0.3) is 0 Å². The molecule has 0 unspecified atom stereocenters. The van der Waals surface area contributed by atoms with Gasteiger partial charge in [-0.25, -0.2) is 4.98 Å². The number of carbonyl (C=O) groups is 1. The van der Waals surface area contributed by atoms with E-state index in [1.165, 1.54) is 32.7 Å². The molecule has 3 rings (SSSR count). The van der Waals surface area contributed by atoms with E-state index in [1.54, 1.807) is 12.1 Å². The summed E-state index contributed by atoms with van der Waals surface area (Å²) in [6, 6.07) is 3.40. The zero-order valence-corrected chi connectivity index (χ0v) is 16.5. The first kappa shape index (κ1) is 20.3. The summed E-state index contributed by atoms with van der Waals surface area (Å²) in [7, 11) is 4.54. The molecule has 0 bridgehead atoms. The van der Waals surface area contributed by atoms with E-state index in [0.717, 1.165) is 29.8 Å². The van der Waals surface area contributed by atoms with Crippen molar-refractivity contribution in [3.05, 3.63) is 28.3 Å². The second kappa shape index (κ2) is 8.57. The molecule has 2 aromatic rings. The van der Waals surface area contributed by atoms with Gasteiger partial charge in [0.25, 0.3) is 5.91 Å². The number of nitrogens with zero attached hydrogens (tertiary/aromatic N) is 1. The number of anilines is 1. The Bertz CT molecular complexity index is 771. The van der Waals surface area contributed by atoms with E-state index in [-0.39, 0.29) is 24.4 Å². The molecule has 0 radical (unpaired) electrons. The van der Waals surface area contributed by atoms with Crippen LogP contribution in [0, 0.1) is 0 Å². The van der Waals surface area contributed by atoms with Crippen molar-refractivity contribution in [3.63, 3.8) is 0 Å². The van der Waals surface area contributed by atoms with Gasteiger partial charge >= 0.3 is 0 Å². The molecule has 1 heterocycles. The van der Waals surface area contributed by atoms with Gasteiger partial charge < -0.3 is 19.9 Å². The highest BCUT2D eigenvalue weighted by atomic mass is 35.5. The molecule has 9 heteroatoms. The summed E-state index contributed by atoms with van der Waals surface area (Å²) in [6.45, 7) is 0. The minimum atomic E-state index is -0.283. The average Bonchev–Trinajstić information content (AvgIpc) is 3.01. The first-order valence-corrected chi connectivity index (χ1v) is 8.72. The molecule has 1 aromatic heterocycles. The monoisotopic (exact) mass is 399 g/mol. The fraction of sp³-hybridized carbons (Fsp3) is 0.412. The lowest BCUT2D eigenvalue weighted by Gasteiger charge is -2.15. The van der Waals surface area contributed by atoms with Gasteiger partial charge in [0, 0.05) is 16.5 Å². The van der Waals surface area contributed by atoms with Crippen LogP contribution in [0.15, 0.2) is 12.1 Å². The van der Waals surface area contributed by atoms with Crippen LogP contribution in [0.4, 0.5) is 5.13 Å². The van der Waals surface area contributed by atoms with E-state index in [1.807, 2.05) is 0 Å². The number of rotatable bonds is 5. The molecular formula is C17H22ClN3O4S. The van der Waals surface area contributed by atoms with Crippen LogP contribution in [-0.2, 0) is 12.8 Å². The van der Waals surface area contributed by atoms with E-state index in [9.17, 15) is 4.79 Å². The number of nitrogens with two attached hydrogens (primary N) is 1. The molecule has 1 atom stereocenters. The smallest absolute Gasteiger partial charge is 0.257 e. The van der Waals surface area contributed by atoms with E-state index < -0.39 is 0 Å². The Balaban J connectivity index is 0.00000243. The second-order valence-corrected chi connectivity index (χ2v) is 6.84. The van der Waals surface area contributed by atoms with Crippen molar-refractivity contribution in [2.45, 2.75) is 25.3 Å². The maximum absolute atomic E-state index is 12.6. The number of methoxy groups -OCH3 is 3. The molecule has 3 N–H and O–H groups in total. The molecule has 1 aliphatic carbocycles. The van der Waals surface area contributed by atoms with Crippen molar-refractivity contribution in [2.24, 2.45) is 5.73 Å². The quantitative estimate of drug-likeness (QED) is 0.802. The Hall–Kier alpha value is -2.03. The lowest BCUT2D eigenvalue weighted by Crippen LogP contribution is -2.27. The van der Waals surface area contributed by atoms with Crippen LogP contribution in [0.1, 0.15) is 27.3 Å². The zero-order chi connectivity index (χ0) is 18.0. The van der Waals surface area contributed by atoms with Crippen molar-refractivity contribution in [3.8, 4) is 17.2 Å². The van der Waals surface area contributed by atoms with Gasteiger partial charge in [0.05, 0.1) is 27.0 Å². The number of amides is 1. The highest BCUT2D eigenvalue weighted by Gasteiger charge is 2.22. The molecule has 0 saturated heterocycles. The topological polar surface area (TPSA) is 95.7 Å². The number of fused-ring (bicyclic) bond motifs is 1. The fourth-order valence-corrected chi connectivity index (χ4v) is 3.93. The molecule has 0 fully saturated rings. The number of nitrogens with one attached hydrogen (secondary N) is 1. The Morgan fingerprint density at radius 2 is 1.88 bits per heavy atom. The van der Waals surface area contributed by atoms with Crippen LogP contribution in [0.2, 0.25) is 0 Å². The van der Waals surface area contributed by atoms with Gasteiger partial charge in [-0.05, 0) is 31.4 Å². The number of aromatic nitrogens is 1. The highest BCUT2D eigenvalue weighted by molar-refractivity contribution is 7.15. The van der Waals surface area contributed by atoms with Gasteiger partial charge in [0.15, 0.2) is 16.6 Å². The summed E-state index contributed by atoms with van der Waals surface area (Å²) in [5.74, 6) is 1.02. The van der Waals surface area contributed by atoms with Gasteiger partial charge in [0.2, 0.25) is 5.75 Å². The van der Waals surface area contributed by atoms with Crippen LogP contribution in [0.3, 0.4) is 0 Å². The third kappa shape index (κ3) is 4.03. The molecule has 1 aliphatic rings. The van der Waals surface area contributed by atoms with Crippen LogP contribution in [0.5, 0.6) is 17.2 Å². The van der Waals surface area contributed by atoms with E-state index in [0.29, 0.717) is 27.9 Å². The predicted octanol–water partition coefficient (Wildman–Crippen LogP) is 2.66. The maximum atomic E-state index is 12.6. The number of thiazole rings is 1. The standard InChI is InChI=1S/C17H21N3O4S.ClH/c1-22-12-6-9(7-13(23-2)15(12)24-3)16(21)20-17-19-11-5-4-10(18)8-14(11)25-17;/h6-7,10H,4-5,8,18H2,1-3H3,(H,19,20,21);1H/t10-;/m0./s1. The Morgan fingerprint density at radius 1 is 1.23 bits per heavy atom. The summed E-state index contributed by atoms with van der Waals surface area (Å²) in [4.78, 5) is 18.3. The first-order valence-electron chi connectivity index (χ1n) is 7.91. The predicted molar refractivity (Wildman–Crippen MR) is 103 cm³/mol. The lowest BCUT2D eigenvalue weighted by atomic mass is 9.99. The van der Waals surface area contributed by atoms with Crippen molar-refractivity contribution in [1.82, 2.24) is 4.98 Å². The number of hydrogen-bond donors (Lipinski definition) is 2. The molecule has 142 valence electrons. The molecule has 0 spiro atoms. The van der Waals surface area contributed by atoms with E-state index in [2.05, 4.69) is 10.3 Å². The van der Waals surface area contributed by atoms with E-state index >= 15 is 0 Å². The summed E-state index contributed by atoms with van der Waals surface area (Å²) in [6.07, 6.45) is 2.59. The fourth-order valence-electron chi connectivity index (χ4n) is 2.84. The number of aryl methyl sites for hydroxylation is 1. The Labute approximate surface area is 162 Å². The number of hydrogen-bond acceptors (Lipinski definition) is 7. The number of ether oxygens (including phenoxy) is 3. The molecule has 26 heavy (non-hydrogen) atoms. The largest absolute Gasteiger partial charge is 0.493 e. The molecule has 1 amide bonds. The third-order valence-corrected chi connectivity index (χ3v) is 5.16.